The monoisotopic (exact) mass is 224 g/mol. The van der Waals surface area contributed by atoms with Crippen molar-refractivity contribution in [2.75, 3.05) is 0 Å². The molecule has 0 aromatic rings. The van der Waals surface area contributed by atoms with E-state index in [1.54, 1.807) is 0 Å². The maximum atomic E-state index is 10.1. The number of hydrogen-bond donors (Lipinski definition) is 1. The first-order valence-corrected chi connectivity index (χ1v) is 7.15. The summed E-state index contributed by atoms with van der Waals surface area (Å²) in [5.41, 5.74) is 0.429. The maximum Gasteiger partial charge on any atom is 0.0568 e. The predicted molar refractivity (Wildman–Crippen MR) is 68.3 cm³/mol. The quantitative estimate of drug-likeness (QED) is 0.768. The maximum absolute atomic E-state index is 10.1. The molecule has 0 saturated heterocycles. The van der Waals surface area contributed by atoms with Crippen LogP contribution in [0.3, 0.4) is 0 Å². The van der Waals surface area contributed by atoms with Gasteiger partial charge in [-0.15, -0.1) is 0 Å². The highest BCUT2D eigenvalue weighted by Crippen LogP contribution is 2.43. The highest BCUT2D eigenvalue weighted by molar-refractivity contribution is 4.86. The molecule has 2 aliphatic rings. The van der Waals surface area contributed by atoms with Crippen LogP contribution in [0, 0.1) is 23.2 Å². The molecule has 1 N–H and O–H groups in total. The van der Waals surface area contributed by atoms with Gasteiger partial charge in [0.1, 0.15) is 0 Å². The van der Waals surface area contributed by atoms with E-state index < -0.39 is 0 Å². The lowest BCUT2D eigenvalue weighted by Gasteiger charge is -2.40. The molecule has 0 radical (unpaired) electrons. The third-order valence-electron chi connectivity index (χ3n) is 4.81. The summed E-state index contributed by atoms with van der Waals surface area (Å²) in [5, 5.41) is 10.1. The van der Waals surface area contributed by atoms with Crippen molar-refractivity contribution >= 4 is 0 Å². The Hall–Kier alpha value is -0.0400. The van der Waals surface area contributed by atoms with Crippen molar-refractivity contribution in [3.63, 3.8) is 0 Å². The van der Waals surface area contributed by atoms with Crippen LogP contribution in [-0.2, 0) is 0 Å². The zero-order valence-corrected chi connectivity index (χ0v) is 11.2. The van der Waals surface area contributed by atoms with Crippen LogP contribution in [0.2, 0.25) is 0 Å². The van der Waals surface area contributed by atoms with Crippen molar-refractivity contribution in [3.8, 4) is 0 Å². The fraction of sp³-hybridized carbons (Fsp3) is 1.00. The van der Waals surface area contributed by atoms with E-state index in [1.165, 1.54) is 38.5 Å². The van der Waals surface area contributed by atoms with Gasteiger partial charge in [0.2, 0.25) is 0 Å². The molecule has 3 unspecified atom stereocenters. The molecule has 0 bridgehead atoms. The molecule has 3 atom stereocenters. The van der Waals surface area contributed by atoms with Crippen LogP contribution < -0.4 is 0 Å². The molecule has 0 aromatic carbocycles. The van der Waals surface area contributed by atoms with Crippen LogP contribution in [0.15, 0.2) is 0 Å². The SMILES string of the molecule is CC(C)(C)C1CCC(O)C(CCC2CC2)C1. The lowest BCUT2D eigenvalue weighted by molar-refractivity contribution is 0.0145. The topological polar surface area (TPSA) is 20.2 Å². The average molecular weight is 224 g/mol. The Bertz CT molecular complexity index is 224. The molecule has 1 heteroatoms. The van der Waals surface area contributed by atoms with Gasteiger partial charge in [0, 0.05) is 0 Å². The Labute approximate surface area is 101 Å². The van der Waals surface area contributed by atoms with E-state index >= 15 is 0 Å². The highest BCUT2D eigenvalue weighted by Gasteiger charge is 2.35. The summed E-state index contributed by atoms with van der Waals surface area (Å²) in [6, 6.07) is 0. The van der Waals surface area contributed by atoms with Gasteiger partial charge in [-0.2, -0.15) is 0 Å². The largest absolute Gasteiger partial charge is 0.393 e. The highest BCUT2D eigenvalue weighted by atomic mass is 16.3. The minimum Gasteiger partial charge on any atom is -0.393 e. The Balaban J connectivity index is 1.83. The van der Waals surface area contributed by atoms with E-state index in [2.05, 4.69) is 20.8 Å². The summed E-state index contributed by atoms with van der Waals surface area (Å²) in [7, 11) is 0. The first kappa shape index (κ1) is 12.4. The van der Waals surface area contributed by atoms with Crippen LogP contribution >= 0.6 is 0 Å². The van der Waals surface area contributed by atoms with Gasteiger partial charge in [-0.1, -0.05) is 40.0 Å². The minimum atomic E-state index is -0.00245. The summed E-state index contributed by atoms with van der Waals surface area (Å²) in [6.45, 7) is 7.06. The molecule has 0 aliphatic heterocycles. The van der Waals surface area contributed by atoms with Gasteiger partial charge < -0.3 is 5.11 Å². The summed E-state index contributed by atoms with van der Waals surface area (Å²) in [4.78, 5) is 0. The van der Waals surface area contributed by atoms with E-state index in [-0.39, 0.29) is 6.10 Å². The molecule has 0 heterocycles. The molecular formula is C15H28O. The van der Waals surface area contributed by atoms with Gasteiger partial charge in [-0.25, -0.2) is 0 Å². The van der Waals surface area contributed by atoms with Gasteiger partial charge >= 0.3 is 0 Å². The first-order valence-electron chi connectivity index (χ1n) is 7.15. The van der Waals surface area contributed by atoms with E-state index in [9.17, 15) is 5.11 Å². The minimum absolute atomic E-state index is 0.00245. The van der Waals surface area contributed by atoms with Crippen LogP contribution in [0.4, 0.5) is 0 Å². The van der Waals surface area contributed by atoms with Crippen LogP contribution in [0.25, 0.3) is 0 Å². The van der Waals surface area contributed by atoms with Crippen LogP contribution in [0.1, 0.15) is 65.7 Å². The smallest absolute Gasteiger partial charge is 0.0568 e. The normalized spacial score (nSPS) is 36.4. The summed E-state index contributed by atoms with van der Waals surface area (Å²) >= 11 is 0. The van der Waals surface area contributed by atoms with Gasteiger partial charge in [0.15, 0.2) is 0 Å². The third-order valence-corrected chi connectivity index (χ3v) is 4.81. The zero-order valence-electron chi connectivity index (χ0n) is 11.2. The number of rotatable bonds is 3. The molecule has 2 fully saturated rings. The summed E-state index contributed by atoms with van der Waals surface area (Å²) < 4.78 is 0. The second-order valence-electron chi connectivity index (χ2n) is 7.22. The van der Waals surface area contributed by atoms with E-state index in [0.29, 0.717) is 11.3 Å². The van der Waals surface area contributed by atoms with Gasteiger partial charge in [-0.05, 0) is 48.9 Å². The fourth-order valence-corrected chi connectivity index (χ4v) is 3.20. The van der Waals surface area contributed by atoms with Crippen molar-refractivity contribution in [2.45, 2.75) is 71.8 Å². The molecule has 16 heavy (non-hydrogen) atoms. The van der Waals surface area contributed by atoms with E-state index in [0.717, 1.165) is 18.3 Å². The first-order chi connectivity index (χ1) is 7.47. The Morgan fingerprint density at radius 3 is 2.25 bits per heavy atom. The lowest BCUT2D eigenvalue weighted by atomic mass is 9.67. The molecule has 2 rings (SSSR count). The third kappa shape index (κ3) is 3.23. The molecule has 2 saturated carbocycles. The number of aliphatic hydroxyl groups excluding tert-OH is 1. The second kappa shape index (κ2) is 4.68. The summed E-state index contributed by atoms with van der Waals surface area (Å²) in [5.74, 6) is 2.43. The number of aliphatic hydroxyl groups is 1. The fourth-order valence-electron chi connectivity index (χ4n) is 3.20. The van der Waals surface area contributed by atoms with Crippen LogP contribution in [0.5, 0.6) is 0 Å². The van der Waals surface area contributed by atoms with Crippen molar-refractivity contribution in [1.82, 2.24) is 0 Å². The Morgan fingerprint density at radius 2 is 1.69 bits per heavy atom. The van der Waals surface area contributed by atoms with Gasteiger partial charge in [0.25, 0.3) is 0 Å². The van der Waals surface area contributed by atoms with Crippen molar-refractivity contribution in [1.29, 1.82) is 0 Å². The second-order valence-corrected chi connectivity index (χ2v) is 7.22. The van der Waals surface area contributed by atoms with E-state index in [4.69, 9.17) is 0 Å². The zero-order chi connectivity index (χ0) is 11.8. The Kier molecular flexibility index (Phi) is 3.63. The van der Waals surface area contributed by atoms with Gasteiger partial charge in [-0.3, -0.25) is 0 Å². The predicted octanol–water partition coefficient (Wildman–Crippen LogP) is 4.00. The molecule has 2 aliphatic carbocycles. The molecule has 1 nitrogen and oxygen atoms in total. The standard InChI is InChI=1S/C15H28O/c1-15(2,3)13-8-9-14(16)12(10-13)7-6-11-4-5-11/h11-14,16H,4-10H2,1-3H3. The molecule has 0 aromatic heterocycles. The average Bonchev–Trinajstić information content (AvgIpc) is 2.98. The molecule has 94 valence electrons. The summed E-state index contributed by atoms with van der Waals surface area (Å²) in [6.07, 6.45) is 9.07. The number of hydrogen-bond acceptors (Lipinski definition) is 1. The molecule has 0 amide bonds. The molecule has 0 spiro atoms. The van der Waals surface area contributed by atoms with Gasteiger partial charge in [0.05, 0.1) is 6.10 Å². The lowest BCUT2D eigenvalue weighted by Crippen LogP contribution is -2.34. The van der Waals surface area contributed by atoms with Crippen molar-refractivity contribution in [3.05, 3.63) is 0 Å². The van der Waals surface area contributed by atoms with Crippen molar-refractivity contribution < 1.29 is 5.11 Å². The van der Waals surface area contributed by atoms with E-state index in [1.807, 2.05) is 0 Å². The van der Waals surface area contributed by atoms with Crippen molar-refractivity contribution in [2.24, 2.45) is 23.2 Å². The Morgan fingerprint density at radius 1 is 1.00 bits per heavy atom. The van der Waals surface area contributed by atoms with Crippen LogP contribution in [-0.4, -0.2) is 11.2 Å². The molecular weight excluding hydrogens is 196 g/mol.